The maximum absolute atomic E-state index is 12.2. The SMILES string of the molecule is CCN1c2ccc(S(=O)(=O)O)cc2C(C)(C)C1/C=C/C=C/C=C/C=C\C(C)(C)c1cc(S(=O)(=O)O)ccc1NCCCCC(=O)N[C@@H](C=O)CCC(=O)O. The van der Waals surface area contributed by atoms with Gasteiger partial charge in [0.15, 0.2) is 0 Å². The minimum atomic E-state index is -4.46. The first kappa shape index (κ1) is 43.8. The Morgan fingerprint density at radius 1 is 0.907 bits per heavy atom. The number of aliphatic carboxylic acids is 1. The number of rotatable bonds is 20. The Bertz CT molecular complexity index is 2020. The molecule has 0 radical (unpaired) electrons. The summed E-state index contributed by atoms with van der Waals surface area (Å²) in [6.07, 6.45) is 16.6. The highest BCUT2D eigenvalue weighted by molar-refractivity contribution is 7.86. The van der Waals surface area contributed by atoms with Gasteiger partial charge in [-0.15, -0.1) is 0 Å². The molecule has 54 heavy (non-hydrogen) atoms. The number of fused-ring (bicyclic) bond motifs is 1. The fourth-order valence-electron chi connectivity index (χ4n) is 6.40. The number of benzene rings is 2. The zero-order valence-electron chi connectivity index (χ0n) is 31.2. The van der Waals surface area contributed by atoms with Gasteiger partial charge < -0.3 is 25.4 Å². The molecule has 1 aliphatic rings. The third-order valence-corrected chi connectivity index (χ3v) is 11.1. The van der Waals surface area contributed by atoms with Crippen molar-refractivity contribution in [2.45, 2.75) is 99.4 Å². The second-order valence-electron chi connectivity index (χ2n) is 14.2. The lowest BCUT2D eigenvalue weighted by Gasteiger charge is -2.31. The second-order valence-corrected chi connectivity index (χ2v) is 17.0. The van der Waals surface area contributed by atoms with Crippen LogP contribution in [-0.2, 0) is 45.4 Å². The van der Waals surface area contributed by atoms with Crippen LogP contribution in [-0.4, -0.2) is 74.4 Å². The Morgan fingerprint density at radius 3 is 2.13 bits per heavy atom. The monoisotopic (exact) mass is 785 g/mol. The first-order chi connectivity index (χ1) is 25.2. The first-order valence-corrected chi connectivity index (χ1v) is 20.5. The van der Waals surface area contributed by atoms with Gasteiger partial charge in [0.25, 0.3) is 20.2 Å². The molecule has 0 saturated heterocycles. The summed E-state index contributed by atoms with van der Waals surface area (Å²) in [5.74, 6) is -1.41. The van der Waals surface area contributed by atoms with Crippen molar-refractivity contribution in [3.63, 3.8) is 0 Å². The molecule has 0 bridgehead atoms. The van der Waals surface area contributed by atoms with Gasteiger partial charge in [0.05, 0.1) is 21.9 Å². The Balaban J connectivity index is 1.64. The van der Waals surface area contributed by atoms with Gasteiger partial charge in [0, 0.05) is 48.1 Å². The number of carboxylic acids is 1. The normalized spacial score (nSPS) is 16.7. The van der Waals surface area contributed by atoms with Gasteiger partial charge in [0.1, 0.15) is 6.29 Å². The number of hydrogen-bond donors (Lipinski definition) is 5. The molecule has 294 valence electrons. The number of nitrogens with zero attached hydrogens (tertiary/aromatic N) is 1. The van der Waals surface area contributed by atoms with Crippen LogP contribution in [0.5, 0.6) is 0 Å². The Morgan fingerprint density at radius 2 is 1.52 bits per heavy atom. The van der Waals surface area contributed by atoms with E-state index < -0.39 is 43.1 Å². The highest BCUT2D eigenvalue weighted by atomic mass is 32.2. The molecule has 0 saturated carbocycles. The average Bonchev–Trinajstić information content (AvgIpc) is 3.31. The smallest absolute Gasteiger partial charge is 0.303 e. The van der Waals surface area contributed by atoms with Crippen LogP contribution in [0.3, 0.4) is 0 Å². The lowest BCUT2D eigenvalue weighted by Crippen LogP contribution is -2.39. The third kappa shape index (κ3) is 12.0. The van der Waals surface area contributed by atoms with E-state index >= 15 is 0 Å². The molecule has 1 unspecified atom stereocenters. The summed E-state index contributed by atoms with van der Waals surface area (Å²) in [5.41, 5.74) is 1.92. The lowest BCUT2D eigenvalue weighted by atomic mass is 9.80. The fraction of sp³-hybridized carbons (Fsp3) is 0.410. The summed E-state index contributed by atoms with van der Waals surface area (Å²) in [5, 5.41) is 14.6. The molecule has 0 aromatic heterocycles. The number of amides is 1. The molecular formula is C39H51N3O10S2. The van der Waals surface area contributed by atoms with Crippen molar-refractivity contribution >= 4 is 49.8 Å². The largest absolute Gasteiger partial charge is 0.481 e. The van der Waals surface area contributed by atoms with Gasteiger partial charge in [0.2, 0.25) is 5.91 Å². The van der Waals surface area contributed by atoms with Gasteiger partial charge in [-0.25, -0.2) is 0 Å². The molecule has 0 spiro atoms. The van der Waals surface area contributed by atoms with E-state index in [9.17, 15) is 40.3 Å². The van der Waals surface area contributed by atoms with Crippen molar-refractivity contribution < 1.29 is 45.4 Å². The molecular weight excluding hydrogens is 735 g/mol. The van der Waals surface area contributed by atoms with E-state index in [0.717, 1.165) is 11.3 Å². The third-order valence-electron chi connectivity index (χ3n) is 9.36. The summed E-state index contributed by atoms with van der Waals surface area (Å²) < 4.78 is 66.8. The van der Waals surface area contributed by atoms with Crippen LogP contribution >= 0.6 is 0 Å². The summed E-state index contributed by atoms with van der Waals surface area (Å²) in [6, 6.07) is 8.09. The predicted molar refractivity (Wildman–Crippen MR) is 209 cm³/mol. The highest BCUT2D eigenvalue weighted by Gasteiger charge is 2.43. The number of likely N-dealkylation sites (N-methyl/N-ethyl adjacent to an activating group) is 1. The molecule has 2 aromatic rings. The number of hydrogen-bond acceptors (Lipinski definition) is 9. The van der Waals surface area contributed by atoms with Crippen molar-refractivity contribution in [2.75, 3.05) is 23.3 Å². The molecule has 13 nitrogen and oxygen atoms in total. The van der Waals surface area contributed by atoms with Crippen LogP contribution in [0.15, 0.2) is 94.8 Å². The van der Waals surface area contributed by atoms with Crippen molar-refractivity contribution in [1.82, 2.24) is 5.32 Å². The number of anilines is 2. The summed E-state index contributed by atoms with van der Waals surface area (Å²) in [7, 11) is -8.79. The van der Waals surface area contributed by atoms with Gasteiger partial charge in [-0.3, -0.25) is 18.7 Å². The van der Waals surface area contributed by atoms with Crippen molar-refractivity contribution in [2.24, 2.45) is 0 Å². The molecule has 5 N–H and O–H groups in total. The van der Waals surface area contributed by atoms with E-state index in [2.05, 4.69) is 21.6 Å². The minimum absolute atomic E-state index is 0.0174. The van der Waals surface area contributed by atoms with Crippen molar-refractivity contribution in [3.05, 3.63) is 96.1 Å². The van der Waals surface area contributed by atoms with Crippen molar-refractivity contribution in [3.8, 4) is 0 Å². The Labute approximate surface area is 318 Å². The zero-order valence-corrected chi connectivity index (χ0v) is 32.9. The number of carbonyl (C=O) groups excluding carboxylic acids is 2. The number of carboxylic acid groups (broad SMARTS) is 1. The van der Waals surface area contributed by atoms with E-state index in [1.807, 2.05) is 77.2 Å². The van der Waals surface area contributed by atoms with Crippen LogP contribution < -0.4 is 15.5 Å². The summed E-state index contributed by atoms with van der Waals surface area (Å²) in [4.78, 5) is 35.9. The molecule has 2 atom stereocenters. The van der Waals surface area contributed by atoms with E-state index in [4.69, 9.17) is 5.11 Å². The van der Waals surface area contributed by atoms with Crippen LogP contribution in [0.2, 0.25) is 0 Å². The second kappa shape index (κ2) is 18.7. The lowest BCUT2D eigenvalue weighted by molar-refractivity contribution is -0.137. The molecule has 0 aliphatic carbocycles. The molecule has 2 aromatic carbocycles. The Kier molecular flexibility index (Phi) is 15.1. The van der Waals surface area contributed by atoms with E-state index in [0.29, 0.717) is 43.5 Å². The van der Waals surface area contributed by atoms with E-state index in [1.54, 1.807) is 12.1 Å². The molecule has 1 aliphatic heterocycles. The van der Waals surface area contributed by atoms with Crippen molar-refractivity contribution in [1.29, 1.82) is 0 Å². The number of carbonyl (C=O) groups is 3. The molecule has 15 heteroatoms. The van der Waals surface area contributed by atoms with Crippen LogP contribution in [0, 0.1) is 0 Å². The maximum atomic E-state index is 12.2. The summed E-state index contributed by atoms with van der Waals surface area (Å²) in [6.45, 7) is 11.1. The number of unbranched alkanes of at least 4 members (excludes halogenated alkanes) is 1. The zero-order chi connectivity index (χ0) is 40.3. The summed E-state index contributed by atoms with van der Waals surface area (Å²) >= 11 is 0. The standard InChI is InChI=1S/C39H51N3O10S2/c1-6-42-34-21-19-30(54(50,51)52)26-32(34)39(4,5)35(42)15-11-9-7-8-10-13-23-38(2,3)31-25-29(53(47,48)49)18-20-33(31)40-24-14-12-16-36(44)41-28(27-43)17-22-37(45)46/h7-11,13,15,18-21,23,25-28,35,40H,6,12,14,16-17,22,24H2,1-5H3,(H,41,44)(H,45,46)(H,47,48,49)(H,50,51,52)/b9-7+,10-8+,15-11+,23-13-/t28-,35?/m1/s1. The quantitative estimate of drug-likeness (QED) is 0.0454. The van der Waals surface area contributed by atoms with E-state index in [1.165, 1.54) is 24.3 Å². The topological polar surface area (TPSA) is 207 Å². The molecule has 3 rings (SSSR count). The highest BCUT2D eigenvalue weighted by Crippen LogP contribution is 2.46. The van der Waals surface area contributed by atoms with Crippen LogP contribution in [0.4, 0.5) is 11.4 Å². The van der Waals surface area contributed by atoms with Gasteiger partial charge in [-0.05, 0) is 73.7 Å². The average molecular weight is 786 g/mol. The van der Waals surface area contributed by atoms with Crippen LogP contribution in [0.25, 0.3) is 0 Å². The molecule has 1 heterocycles. The van der Waals surface area contributed by atoms with Gasteiger partial charge >= 0.3 is 5.97 Å². The van der Waals surface area contributed by atoms with E-state index in [-0.39, 0.29) is 41.0 Å². The maximum Gasteiger partial charge on any atom is 0.303 e. The number of nitrogens with one attached hydrogen (secondary N) is 2. The first-order valence-electron chi connectivity index (χ1n) is 17.6. The predicted octanol–water partition coefficient (Wildman–Crippen LogP) is 6.00. The van der Waals surface area contributed by atoms with Gasteiger partial charge in [-0.2, -0.15) is 16.8 Å². The van der Waals surface area contributed by atoms with Gasteiger partial charge in [-0.1, -0.05) is 76.3 Å². The molecule has 1 amide bonds. The molecule has 0 fully saturated rings. The number of allylic oxidation sites excluding steroid dienone is 7. The Hall–Kier alpha value is -4.57. The van der Waals surface area contributed by atoms with Crippen LogP contribution in [0.1, 0.15) is 77.8 Å². The fourth-order valence-corrected chi connectivity index (χ4v) is 7.41. The number of aldehydes is 1. The minimum Gasteiger partial charge on any atom is -0.481 e.